The molecule has 2 aromatic rings. The minimum absolute atomic E-state index is 0.449. The van der Waals surface area contributed by atoms with Crippen molar-refractivity contribution in [2.75, 3.05) is 0 Å². The zero-order chi connectivity index (χ0) is 10.5. The number of nitrogens with zero attached hydrogens (tertiary/aromatic N) is 4. The van der Waals surface area contributed by atoms with Gasteiger partial charge in [0.1, 0.15) is 17.3 Å². The Kier molecular flexibility index (Phi) is 3.27. The summed E-state index contributed by atoms with van der Waals surface area (Å²) in [7, 11) is 0. The highest BCUT2D eigenvalue weighted by molar-refractivity contribution is 8.00. The fraction of sp³-hybridized carbons (Fsp3) is 0.111. The van der Waals surface area contributed by atoms with Gasteiger partial charge in [0.05, 0.1) is 0 Å². The molecule has 0 bridgehead atoms. The highest BCUT2D eigenvalue weighted by atomic mass is 32.2. The summed E-state index contributed by atoms with van der Waals surface area (Å²) >= 11 is 3.12. The summed E-state index contributed by atoms with van der Waals surface area (Å²) in [5, 5.41) is 16.4. The predicted molar refractivity (Wildman–Crippen MR) is 58.4 cm³/mol. The summed E-state index contributed by atoms with van der Waals surface area (Å²) in [5.74, 6) is 0.784. The molecule has 2 rings (SSSR count). The third-order valence-corrected chi connectivity index (χ3v) is 3.57. The molecule has 4 nitrogen and oxygen atoms in total. The first-order chi connectivity index (χ1) is 7.38. The lowest BCUT2D eigenvalue weighted by atomic mass is 10.2. The van der Waals surface area contributed by atoms with E-state index in [4.69, 9.17) is 5.26 Å². The van der Waals surface area contributed by atoms with Crippen molar-refractivity contribution in [3.05, 3.63) is 35.1 Å². The molecule has 0 aliphatic rings. The Morgan fingerprint density at radius 3 is 3.20 bits per heavy atom. The topological polar surface area (TPSA) is 62.5 Å². The minimum Gasteiger partial charge on any atom is -0.246 e. The monoisotopic (exact) mass is 234 g/mol. The molecule has 0 fully saturated rings. The largest absolute Gasteiger partial charge is 0.246 e. The second kappa shape index (κ2) is 4.87. The zero-order valence-corrected chi connectivity index (χ0v) is 9.25. The van der Waals surface area contributed by atoms with E-state index in [1.54, 1.807) is 29.5 Å². The molecule has 2 heterocycles. The van der Waals surface area contributed by atoms with Crippen LogP contribution in [0.2, 0.25) is 0 Å². The first kappa shape index (κ1) is 10.1. The van der Waals surface area contributed by atoms with E-state index in [1.165, 1.54) is 11.3 Å². The molecule has 0 N–H and O–H groups in total. The Labute approximate surface area is 95.0 Å². The van der Waals surface area contributed by atoms with Crippen LogP contribution in [-0.4, -0.2) is 15.2 Å². The number of rotatable bonds is 3. The lowest BCUT2D eigenvalue weighted by molar-refractivity contribution is 1.01. The molecule has 0 radical (unpaired) electrons. The Balaban J connectivity index is 2.02. The van der Waals surface area contributed by atoms with Crippen LogP contribution in [0.4, 0.5) is 0 Å². The van der Waals surface area contributed by atoms with Gasteiger partial charge in [-0.25, -0.2) is 4.98 Å². The molecule has 0 saturated carbocycles. The third kappa shape index (κ3) is 2.75. The normalized spacial score (nSPS) is 9.80. The van der Waals surface area contributed by atoms with Crippen molar-refractivity contribution in [2.45, 2.75) is 10.1 Å². The number of pyridine rings is 1. The first-order valence-corrected chi connectivity index (χ1v) is 5.99. The van der Waals surface area contributed by atoms with Crippen molar-refractivity contribution in [1.82, 2.24) is 15.2 Å². The highest BCUT2D eigenvalue weighted by Gasteiger charge is 2.00. The average molecular weight is 234 g/mol. The maximum Gasteiger partial charge on any atom is 0.174 e. The molecule has 0 aliphatic carbocycles. The van der Waals surface area contributed by atoms with E-state index in [0.717, 1.165) is 15.7 Å². The van der Waals surface area contributed by atoms with Crippen LogP contribution in [-0.2, 0) is 5.75 Å². The summed E-state index contributed by atoms with van der Waals surface area (Å²) in [6.45, 7) is 0. The zero-order valence-electron chi connectivity index (χ0n) is 7.62. The summed E-state index contributed by atoms with van der Waals surface area (Å²) in [5.41, 5.74) is 3.22. The summed E-state index contributed by atoms with van der Waals surface area (Å²) in [4.78, 5) is 3.91. The summed E-state index contributed by atoms with van der Waals surface area (Å²) in [6.07, 6.45) is 1.65. The standard InChI is InChI=1S/C9H6N4S2/c10-4-8-3-7(1-2-11-8)5-14-9-13-12-6-15-9/h1-3,6H,5H2. The van der Waals surface area contributed by atoms with Gasteiger partial charge in [-0.3, -0.25) is 0 Å². The number of hydrogen-bond donors (Lipinski definition) is 0. The smallest absolute Gasteiger partial charge is 0.174 e. The number of hydrogen-bond acceptors (Lipinski definition) is 6. The van der Waals surface area contributed by atoms with Crippen LogP contribution >= 0.6 is 23.1 Å². The van der Waals surface area contributed by atoms with Gasteiger partial charge in [-0.1, -0.05) is 23.1 Å². The van der Waals surface area contributed by atoms with Crippen molar-refractivity contribution >= 4 is 23.1 Å². The van der Waals surface area contributed by atoms with Crippen molar-refractivity contribution in [1.29, 1.82) is 5.26 Å². The minimum atomic E-state index is 0.449. The van der Waals surface area contributed by atoms with Crippen LogP contribution in [0.25, 0.3) is 0 Å². The molecule has 0 unspecified atom stereocenters. The number of thioether (sulfide) groups is 1. The fourth-order valence-electron chi connectivity index (χ4n) is 0.996. The molecule has 0 saturated heterocycles. The molecular formula is C9H6N4S2. The molecule has 0 spiro atoms. The lowest BCUT2D eigenvalue weighted by Gasteiger charge is -1.97. The van der Waals surface area contributed by atoms with E-state index in [-0.39, 0.29) is 0 Å². The van der Waals surface area contributed by atoms with Gasteiger partial charge in [0.2, 0.25) is 0 Å². The lowest BCUT2D eigenvalue weighted by Crippen LogP contribution is -1.86. The Hall–Kier alpha value is -1.45. The Morgan fingerprint density at radius 2 is 2.47 bits per heavy atom. The van der Waals surface area contributed by atoms with E-state index in [2.05, 4.69) is 15.2 Å². The van der Waals surface area contributed by atoms with Gasteiger partial charge in [0, 0.05) is 11.9 Å². The molecule has 0 amide bonds. The van der Waals surface area contributed by atoms with Crippen LogP contribution < -0.4 is 0 Å². The molecule has 0 aliphatic heterocycles. The predicted octanol–water partition coefficient (Wildman–Crippen LogP) is 2.10. The molecule has 2 aromatic heterocycles. The van der Waals surface area contributed by atoms with E-state index < -0.39 is 0 Å². The quantitative estimate of drug-likeness (QED) is 0.761. The van der Waals surface area contributed by atoms with Crippen molar-refractivity contribution < 1.29 is 0 Å². The van der Waals surface area contributed by atoms with Gasteiger partial charge in [0.15, 0.2) is 4.34 Å². The maximum absolute atomic E-state index is 8.67. The highest BCUT2D eigenvalue weighted by Crippen LogP contribution is 2.23. The first-order valence-electron chi connectivity index (χ1n) is 4.12. The number of aromatic nitrogens is 3. The molecule has 0 atom stereocenters. The van der Waals surface area contributed by atoms with Crippen molar-refractivity contribution in [3.8, 4) is 6.07 Å². The van der Waals surface area contributed by atoms with Crippen LogP contribution in [0.1, 0.15) is 11.3 Å². The van der Waals surface area contributed by atoms with Gasteiger partial charge in [-0.2, -0.15) is 5.26 Å². The number of nitriles is 1. The van der Waals surface area contributed by atoms with Crippen molar-refractivity contribution in [2.24, 2.45) is 0 Å². The van der Waals surface area contributed by atoms with Crippen LogP contribution in [0.15, 0.2) is 28.2 Å². The SMILES string of the molecule is N#Cc1cc(CSc2nncs2)ccn1. The van der Waals surface area contributed by atoms with E-state index in [1.807, 2.05) is 12.1 Å². The summed E-state index contributed by atoms with van der Waals surface area (Å²) in [6, 6.07) is 5.70. The van der Waals surface area contributed by atoms with E-state index in [9.17, 15) is 0 Å². The van der Waals surface area contributed by atoms with E-state index >= 15 is 0 Å². The molecule has 74 valence electrons. The third-order valence-electron chi connectivity index (χ3n) is 1.64. The van der Waals surface area contributed by atoms with Crippen LogP contribution in [0, 0.1) is 11.3 Å². The summed E-state index contributed by atoms with van der Waals surface area (Å²) < 4.78 is 0.935. The molecule has 15 heavy (non-hydrogen) atoms. The van der Waals surface area contributed by atoms with Gasteiger partial charge < -0.3 is 0 Å². The second-order valence-corrected chi connectivity index (χ2v) is 4.71. The molecule has 6 heteroatoms. The Morgan fingerprint density at radius 1 is 1.53 bits per heavy atom. The van der Waals surface area contributed by atoms with Crippen molar-refractivity contribution in [3.63, 3.8) is 0 Å². The van der Waals surface area contributed by atoms with Crippen LogP contribution in [0.3, 0.4) is 0 Å². The average Bonchev–Trinajstić information content (AvgIpc) is 2.79. The second-order valence-electron chi connectivity index (χ2n) is 2.65. The van der Waals surface area contributed by atoms with Gasteiger partial charge >= 0.3 is 0 Å². The molecule has 0 aromatic carbocycles. The molecular weight excluding hydrogens is 228 g/mol. The van der Waals surface area contributed by atoms with E-state index in [0.29, 0.717) is 5.69 Å². The fourth-order valence-corrected chi connectivity index (χ4v) is 2.43. The van der Waals surface area contributed by atoms with Gasteiger partial charge in [-0.15, -0.1) is 10.2 Å². The maximum atomic E-state index is 8.67. The van der Waals surface area contributed by atoms with Crippen LogP contribution in [0.5, 0.6) is 0 Å². The Bertz CT molecular complexity index is 475. The van der Waals surface area contributed by atoms with Gasteiger partial charge in [0.25, 0.3) is 0 Å². The van der Waals surface area contributed by atoms with Gasteiger partial charge in [-0.05, 0) is 17.7 Å².